The summed E-state index contributed by atoms with van der Waals surface area (Å²) in [6, 6.07) is 11.2. The number of nitrogens with one attached hydrogen (secondary N) is 1. The van der Waals surface area contributed by atoms with Gasteiger partial charge in [-0.1, -0.05) is 18.2 Å². The maximum absolute atomic E-state index is 12.8. The molecule has 3 amide bonds. The van der Waals surface area contributed by atoms with Crippen molar-refractivity contribution < 1.29 is 19.1 Å². The Morgan fingerprint density at radius 1 is 1.12 bits per heavy atom. The second-order valence-corrected chi connectivity index (χ2v) is 8.36. The number of methoxy groups -OCH3 is 1. The fraction of sp³-hybridized carbons (Fsp3) is 0.458. The Bertz CT molecular complexity index is 941. The van der Waals surface area contributed by atoms with Crippen molar-refractivity contribution in [3.63, 3.8) is 0 Å². The SMILES string of the molecule is COc1ccccc1N1CCN(CC(=O)NC2CCC(Oc3ccc(C)cn3)CC2)C1=O. The number of aryl methyl sites for hydroxylation is 1. The van der Waals surface area contributed by atoms with Crippen LogP contribution in [0.2, 0.25) is 0 Å². The molecule has 0 unspecified atom stereocenters. The summed E-state index contributed by atoms with van der Waals surface area (Å²) in [5.41, 5.74) is 1.83. The fourth-order valence-corrected chi connectivity index (χ4v) is 4.27. The first-order chi connectivity index (χ1) is 15.5. The van der Waals surface area contributed by atoms with Crippen molar-refractivity contribution in [1.29, 1.82) is 0 Å². The van der Waals surface area contributed by atoms with Gasteiger partial charge in [-0.2, -0.15) is 0 Å². The molecule has 1 aliphatic carbocycles. The van der Waals surface area contributed by atoms with Crippen molar-refractivity contribution in [3.8, 4) is 11.6 Å². The molecular formula is C24H30N4O4. The van der Waals surface area contributed by atoms with Crippen LogP contribution >= 0.6 is 0 Å². The van der Waals surface area contributed by atoms with Gasteiger partial charge in [0.05, 0.1) is 12.8 Å². The number of aromatic nitrogens is 1. The summed E-state index contributed by atoms with van der Waals surface area (Å²) < 4.78 is 11.3. The molecule has 8 nitrogen and oxygen atoms in total. The van der Waals surface area contributed by atoms with E-state index in [1.807, 2.05) is 43.3 Å². The highest BCUT2D eigenvalue weighted by Gasteiger charge is 2.33. The minimum absolute atomic E-state index is 0.0637. The van der Waals surface area contributed by atoms with Crippen LogP contribution in [-0.2, 0) is 4.79 Å². The Labute approximate surface area is 188 Å². The Morgan fingerprint density at radius 3 is 2.62 bits per heavy atom. The third kappa shape index (κ3) is 5.12. The van der Waals surface area contributed by atoms with Crippen LogP contribution in [0.5, 0.6) is 11.6 Å². The van der Waals surface area contributed by atoms with Crippen molar-refractivity contribution in [2.24, 2.45) is 0 Å². The number of urea groups is 1. The van der Waals surface area contributed by atoms with Crippen LogP contribution in [-0.4, -0.2) is 60.7 Å². The number of ether oxygens (including phenoxy) is 2. The number of amides is 3. The average Bonchev–Trinajstić information content (AvgIpc) is 3.16. The molecule has 1 aromatic carbocycles. The van der Waals surface area contributed by atoms with E-state index in [4.69, 9.17) is 9.47 Å². The maximum Gasteiger partial charge on any atom is 0.325 e. The van der Waals surface area contributed by atoms with Crippen LogP contribution in [0.1, 0.15) is 31.2 Å². The standard InChI is InChI=1S/C24H30N4O4/c1-17-7-12-23(25-15-17)32-19-10-8-18(9-11-19)26-22(29)16-27-13-14-28(24(27)30)20-5-3-4-6-21(20)31-2/h3-7,12,15,18-19H,8-11,13-14,16H2,1-2H3,(H,26,29). The Balaban J connectivity index is 1.23. The second-order valence-electron chi connectivity index (χ2n) is 8.36. The number of hydrogen-bond donors (Lipinski definition) is 1. The molecule has 0 radical (unpaired) electrons. The van der Waals surface area contributed by atoms with Crippen LogP contribution in [0, 0.1) is 6.92 Å². The molecule has 0 bridgehead atoms. The predicted octanol–water partition coefficient (Wildman–Crippen LogP) is 3.15. The lowest BCUT2D eigenvalue weighted by Crippen LogP contribution is -2.45. The zero-order valence-corrected chi connectivity index (χ0v) is 18.6. The van der Waals surface area contributed by atoms with Crippen molar-refractivity contribution in [2.45, 2.75) is 44.8 Å². The van der Waals surface area contributed by atoms with Crippen molar-refractivity contribution in [1.82, 2.24) is 15.2 Å². The highest BCUT2D eigenvalue weighted by atomic mass is 16.5. The van der Waals surface area contributed by atoms with Crippen LogP contribution in [0.4, 0.5) is 10.5 Å². The topological polar surface area (TPSA) is 84.0 Å². The largest absolute Gasteiger partial charge is 0.495 e. The zero-order chi connectivity index (χ0) is 22.5. The molecule has 0 spiro atoms. The van der Waals surface area contributed by atoms with Gasteiger partial charge in [0.1, 0.15) is 18.4 Å². The number of anilines is 1. The number of hydrogen-bond acceptors (Lipinski definition) is 5. The number of carbonyl (C=O) groups is 2. The van der Waals surface area contributed by atoms with E-state index in [1.54, 1.807) is 23.1 Å². The highest BCUT2D eigenvalue weighted by Crippen LogP contribution is 2.30. The molecule has 32 heavy (non-hydrogen) atoms. The number of rotatable bonds is 7. The smallest absolute Gasteiger partial charge is 0.325 e. The van der Waals surface area contributed by atoms with Crippen molar-refractivity contribution in [3.05, 3.63) is 48.2 Å². The maximum atomic E-state index is 12.8. The molecular weight excluding hydrogens is 408 g/mol. The summed E-state index contributed by atoms with van der Waals surface area (Å²) in [6.07, 6.45) is 5.35. The molecule has 1 N–H and O–H groups in total. The van der Waals surface area contributed by atoms with Gasteiger partial charge in [0.2, 0.25) is 11.8 Å². The Kier molecular flexibility index (Phi) is 6.78. The molecule has 2 aromatic rings. The summed E-state index contributed by atoms with van der Waals surface area (Å²) in [4.78, 5) is 33.0. The molecule has 1 saturated heterocycles. The van der Waals surface area contributed by atoms with Gasteiger partial charge in [-0.25, -0.2) is 9.78 Å². The Morgan fingerprint density at radius 2 is 1.91 bits per heavy atom. The van der Waals surface area contributed by atoms with Gasteiger partial charge in [0, 0.05) is 31.4 Å². The molecule has 1 aromatic heterocycles. The molecule has 0 atom stereocenters. The van der Waals surface area contributed by atoms with Gasteiger partial charge in [0.15, 0.2) is 0 Å². The summed E-state index contributed by atoms with van der Waals surface area (Å²) >= 11 is 0. The van der Waals surface area contributed by atoms with Gasteiger partial charge in [-0.15, -0.1) is 0 Å². The van der Waals surface area contributed by atoms with Crippen LogP contribution in [0.3, 0.4) is 0 Å². The predicted molar refractivity (Wildman–Crippen MR) is 121 cm³/mol. The van der Waals surface area contributed by atoms with E-state index in [1.165, 1.54) is 0 Å². The molecule has 2 fully saturated rings. The van der Waals surface area contributed by atoms with Gasteiger partial charge in [-0.05, 0) is 50.3 Å². The summed E-state index contributed by atoms with van der Waals surface area (Å²) in [5, 5.41) is 3.09. The number of benzene rings is 1. The highest BCUT2D eigenvalue weighted by molar-refractivity contribution is 5.97. The number of nitrogens with zero attached hydrogens (tertiary/aromatic N) is 3. The lowest BCUT2D eigenvalue weighted by Gasteiger charge is -2.29. The van der Waals surface area contributed by atoms with E-state index < -0.39 is 0 Å². The molecule has 1 aliphatic heterocycles. The minimum Gasteiger partial charge on any atom is -0.495 e. The molecule has 4 rings (SSSR count). The van der Waals surface area contributed by atoms with E-state index in [9.17, 15) is 9.59 Å². The second kappa shape index (κ2) is 9.89. The molecule has 1 saturated carbocycles. The van der Waals surface area contributed by atoms with E-state index >= 15 is 0 Å². The average molecular weight is 439 g/mol. The molecule has 2 aliphatic rings. The quantitative estimate of drug-likeness (QED) is 0.718. The lowest BCUT2D eigenvalue weighted by atomic mass is 9.93. The summed E-state index contributed by atoms with van der Waals surface area (Å²) in [5.74, 6) is 1.17. The van der Waals surface area contributed by atoms with Crippen LogP contribution in [0.25, 0.3) is 0 Å². The first-order valence-electron chi connectivity index (χ1n) is 11.1. The van der Waals surface area contributed by atoms with Crippen molar-refractivity contribution in [2.75, 3.05) is 31.6 Å². The normalized spacial score (nSPS) is 20.9. The first-order valence-corrected chi connectivity index (χ1v) is 11.1. The van der Waals surface area contributed by atoms with Gasteiger partial charge < -0.3 is 19.7 Å². The molecule has 170 valence electrons. The fourth-order valence-electron chi connectivity index (χ4n) is 4.27. The van der Waals surface area contributed by atoms with Gasteiger partial charge in [0.25, 0.3) is 0 Å². The third-order valence-electron chi connectivity index (χ3n) is 6.02. The first kappa shape index (κ1) is 21.9. The van der Waals surface area contributed by atoms with Gasteiger partial charge in [-0.3, -0.25) is 9.69 Å². The van der Waals surface area contributed by atoms with E-state index in [0.29, 0.717) is 24.7 Å². The number of pyridine rings is 1. The van der Waals surface area contributed by atoms with E-state index in [-0.39, 0.29) is 30.6 Å². The molecule has 8 heteroatoms. The summed E-state index contributed by atoms with van der Waals surface area (Å²) in [6.45, 7) is 3.10. The number of carbonyl (C=O) groups excluding carboxylic acids is 2. The van der Waals surface area contributed by atoms with E-state index in [0.717, 1.165) is 36.9 Å². The monoisotopic (exact) mass is 438 g/mol. The van der Waals surface area contributed by atoms with Crippen molar-refractivity contribution >= 4 is 17.6 Å². The van der Waals surface area contributed by atoms with Crippen LogP contribution < -0.4 is 19.7 Å². The number of para-hydroxylation sites is 2. The third-order valence-corrected chi connectivity index (χ3v) is 6.02. The summed E-state index contributed by atoms with van der Waals surface area (Å²) in [7, 11) is 1.58. The zero-order valence-electron chi connectivity index (χ0n) is 18.6. The van der Waals surface area contributed by atoms with Crippen LogP contribution in [0.15, 0.2) is 42.6 Å². The molecule has 2 heterocycles. The minimum atomic E-state index is -0.174. The lowest BCUT2D eigenvalue weighted by molar-refractivity contribution is -0.122. The van der Waals surface area contributed by atoms with E-state index in [2.05, 4.69) is 10.3 Å². The Hall–Kier alpha value is -3.29. The van der Waals surface area contributed by atoms with Gasteiger partial charge >= 0.3 is 6.03 Å².